The first kappa shape index (κ1) is 27.6. The Morgan fingerprint density at radius 1 is 0.500 bits per heavy atom. The second-order valence-corrected chi connectivity index (χ2v) is 12.1. The van der Waals surface area contributed by atoms with Crippen molar-refractivity contribution in [2.45, 2.75) is 18.7 Å². The van der Waals surface area contributed by atoms with Crippen molar-refractivity contribution in [3.8, 4) is 23.0 Å². The van der Waals surface area contributed by atoms with Crippen LogP contribution >= 0.6 is 15.2 Å². The average molecular weight is 567 g/mol. The van der Waals surface area contributed by atoms with Gasteiger partial charge in [0.2, 0.25) is 5.40 Å². The summed E-state index contributed by atoms with van der Waals surface area (Å²) in [6, 6.07) is 34.6. The minimum atomic E-state index is -4.18. The number of benzene rings is 4. The SMILES string of the molecule is CCC(P(=O)(Oc1ccccc1)Oc1ccccc1)P(=O)(Oc1ccccc1)Oc1ccccc1.[Ni]. The molecule has 0 heterocycles. The summed E-state index contributed by atoms with van der Waals surface area (Å²) in [6.07, 6.45) is 0.133. The molecule has 4 aromatic rings. The van der Waals surface area contributed by atoms with E-state index in [-0.39, 0.29) is 22.9 Å². The summed E-state index contributed by atoms with van der Waals surface area (Å²) < 4.78 is 53.0. The molecule has 0 aliphatic rings. The minimum Gasteiger partial charge on any atom is -0.415 e. The second-order valence-electron chi connectivity index (χ2n) is 7.59. The molecule has 6 nitrogen and oxygen atoms in total. The Labute approximate surface area is 221 Å². The molecule has 0 spiro atoms. The first-order valence-corrected chi connectivity index (χ1v) is 14.4. The van der Waals surface area contributed by atoms with Gasteiger partial charge in [0.25, 0.3) is 0 Å². The maximum atomic E-state index is 14.5. The van der Waals surface area contributed by atoms with Crippen LogP contribution in [0.3, 0.4) is 0 Å². The minimum absolute atomic E-state index is 0. The van der Waals surface area contributed by atoms with E-state index >= 15 is 0 Å². The van der Waals surface area contributed by atoms with E-state index in [2.05, 4.69) is 0 Å². The Morgan fingerprint density at radius 3 is 0.917 bits per heavy atom. The van der Waals surface area contributed by atoms with E-state index in [1.807, 2.05) is 24.3 Å². The molecule has 9 heteroatoms. The largest absolute Gasteiger partial charge is 0.448 e. The molecular formula is C27H26NiO6P2. The fourth-order valence-corrected chi connectivity index (χ4v) is 8.48. The summed E-state index contributed by atoms with van der Waals surface area (Å²) in [6.45, 7) is 1.75. The van der Waals surface area contributed by atoms with Gasteiger partial charge in [0, 0.05) is 16.5 Å². The molecule has 4 aromatic carbocycles. The van der Waals surface area contributed by atoms with Gasteiger partial charge in [-0.3, -0.25) is 0 Å². The van der Waals surface area contributed by atoms with Gasteiger partial charge < -0.3 is 18.1 Å². The molecule has 0 aliphatic carbocycles. The van der Waals surface area contributed by atoms with Crippen molar-refractivity contribution in [1.82, 2.24) is 0 Å². The molecule has 36 heavy (non-hydrogen) atoms. The Bertz CT molecular complexity index is 1100. The van der Waals surface area contributed by atoms with Crippen molar-refractivity contribution in [1.29, 1.82) is 0 Å². The van der Waals surface area contributed by atoms with E-state index in [0.717, 1.165) is 0 Å². The third-order valence-electron chi connectivity index (χ3n) is 5.00. The Morgan fingerprint density at radius 2 is 0.722 bits per heavy atom. The molecule has 0 atom stereocenters. The zero-order valence-corrected chi connectivity index (χ0v) is 22.3. The van der Waals surface area contributed by atoms with Crippen LogP contribution in [0.1, 0.15) is 13.3 Å². The molecule has 0 saturated carbocycles. The topological polar surface area (TPSA) is 71.1 Å². The van der Waals surface area contributed by atoms with Gasteiger partial charge in [0.1, 0.15) is 23.0 Å². The smallest absolute Gasteiger partial charge is 0.415 e. The molecule has 0 radical (unpaired) electrons. The molecule has 4 rings (SSSR count). The van der Waals surface area contributed by atoms with E-state index < -0.39 is 20.6 Å². The summed E-state index contributed by atoms with van der Waals surface area (Å²) in [5.41, 5.74) is 0. The Hall–Kier alpha value is -2.97. The van der Waals surface area contributed by atoms with Gasteiger partial charge in [-0.05, 0) is 55.0 Å². The van der Waals surface area contributed by atoms with Crippen LogP contribution in [0, 0.1) is 0 Å². The standard InChI is InChI=1S/C27H26O6P2.Ni/c1-2-27(34(28,30-23-15-7-3-8-16-23)31-24-17-9-4-10-18-24)35(29,32-25-19-11-5-12-20-25)33-26-21-13-6-14-22-26;/h3-22,27H,2H2,1H3;. The summed E-state index contributed by atoms with van der Waals surface area (Å²) in [4.78, 5) is 0. The summed E-state index contributed by atoms with van der Waals surface area (Å²) in [7, 11) is -8.36. The quantitative estimate of drug-likeness (QED) is 0.134. The molecule has 0 N–H and O–H groups in total. The molecule has 0 aliphatic heterocycles. The number of hydrogen-bond donors (Lipinski definition) is 0. The first-order valence-electron chi connectivity index (χ1n) is 11.2. The maximum Gasteiger partial charge on any atom is 0.448 e. The predicted molar refractivity (Wildman–Crippen MR) is 138 cm³/mol. The molecule has 0 unspecified atom stereocenters. The van der Waals surface area contributed by atoms with E-state index in [4.69, 9.17) is 18.1 Å². The van der Waals surface area contributed by atoms with Gasteiger partial charge in [-0.2, -0.15) is 0 Å². The normalized spacial score (nSPS) is 11.3. The summed E-state index contributed by atoms with van der Waals surface area (Å²) in [5, 5.41) is -1.24. The van der Waals surface area contributed by atoms with Gasteiger partial charge in [-0.1, -0.05) is 79.7 Å². The van der Waals surface area contributed by atoms with Crippen LogP contribution in [0.15, 0.2) is 121 Å². The zero-order valence-electron chi connectivity index (χ0n) is 19.5. The van der Waals surface area contributed by atoms with Crippen LogP contribution in [0.2, 0.25) is 0 Å². The molecule has 0 saturated heterocycles. The van der Waals surface area contributed by atoms with Crippen molar-refractivity contribution in [2.24, 2.45) is 0 Å². The molecule has 0 aromatic heterocycles. The van der Waals surface area contributed by atoms with E-state index in [1.54, 1.807) is 104 Å². The molecule has 190 valence electrons. The fraction of sp³-hybridized carbons (Fsp3) is 0.111. The molecule has 0 amide bonds. The van der Waals surface area contributed by atoms with Crippen LogP contribution in [0.4, 0.5) is 0 Å². The average Bonchev–Trinajstić information content (AvgIpc) is 2.86. The van der Waals surface area contributed by atoms with Gasteiger partial charge in [0.05, 0.1) is 0 Å². The van der Waals surface area contributed by atoms with Gasteiger partial charge in [-0.15, -0.1) is 0 Å². The van der Waals surface area contributed by atoms with Crippen LogP contribution in [0.25, 0.3) is 0 Å². The van der Waals surface area contributed by atoms with Crippen molar-refractivity contribution in [3.05, 3.63) is 121 Å². The number of para-hydroxylation sites is 4. The predicted octanol–water partition coefficient (Wildman–Crippen LogP) is 8.42. The van der Waals surface area contributed by atoms with Crippen molar-refractivity contribution < 1.29 is 43.7 Å². The number of rotatable bonds is 11. The Balaban J connectivity index is 0.00000361. The molecule has 0 bridgehead atoms. The van der Waals surface area contributed by atoms with Gasteiger partial charge >= 0.3 is 15.2 Å². The van der Waals surface area contributed by atoms with Gasteiger partial charge in [-0.25, -0.2) is 9.13 Å². The molecular weight excluding hydrogens is 541 g/mol. The monoisotopic (exact) mass is 566 g/mol. The van der Waals surface area contributed by atoms with E-state index in [1.165, 1.54) is 0 Å². The van der Waals surface area contributed by atoms with Crippen LogP contribution in [-0.2, 0) is 25.6 Å². The van der Waals surface area contributed by atoms with E-state index in [9.17, 15) is 9.13 Å². The van der Waals surface area contributed by atoms with Crippen molar-refractivity contribution in [3.63, 3.8) is 0 Å². The van der Waals surface area contributed by atoms with Crippen molar-refractivity contribution >= 4 is 15.2 Å². The van der Waals surface area contributed by atoms with Gasteiger partial charge in [0.15, 0.2) is 0 Å². The van der Waals surface area contributed by atoms with Crippen LogP contribution in [-0.4, -0.2) is 5.40 Å². The van der Waals surface area contributed by atoms with Crippen LogP contribution < -0.4 is 18.1 Å². The third-order valence-corrected chi connectivity index (χ3v) is 10.7. The van der Waals surface area contributed by atoms with Crippen LogP contribution in [0.5, 0.6) is 23.0 Å². The zero-order chi connectivity index (χ0) is 24.6. The third kappa shape index (κ3) is 7.05. The summed E-state index contributed by atoms with van der Waals surface area (Å²) in [5.74, 6) is 1.26. The Kier molecular flexibility index (Phi) is 9.84. The molecule has 0 fully saturated rings. The fourth-order valence-electron chi connectivity index (χ4n) is 3.41. The van der Waals surface area contributed by atoms with E-state index in [0.29, 0.717) is 23.0 Å². The maximum absolute atomic E-state index is 14.5. The first-order chi connectivity index (χ1) is 17.0. The second kappa shape index (κ2) is 12.8. The number of hydrogen-bond acceptors (Lipinski definition) is 6. The summed E-state index contributed by atoms with van der Waals surface area (Å²) >= 11 is 0. The van der Waals surface area contributed by atoms with Crippen molar-refractivity contribution in [2.75, 3.05) is 0 Å².